The first-order valence-electron chi connectivity index (χ1n) is 8.14. The van der Waals surface area contributed by atoms with Crippen molar-refractivity contribution in [3.05, 3.63) is 70.8 Å². The zero-order valence-corrected chi connectivity index (χ0v) is 15.1. The molecule has 0 aliphatic heterocycles. The topological polar surface area (TPSA) is 0 Å². The average molecular weight is 301 g/mol. The van der Waals surface area contributed by atoms with Crippen LogP contribution in [-0.2, 0) is 5.41 Å². The molecule has 0 heterocycles. The Kier molecular flexibility index (Phi) is 11.4. The highest BCUT2D eigenvalue weighted by atomic mass is 14.3. The number of benzene rings is 2. The molecule has 0 spiro atoms. The second kappa shape index (κ2) is 11.1. The summed E-state index contributed by atoms with van der Waals surface area (Å²) in [5, 5.41) is 0. The van der Waals surface area contributed by atoms with Crippen LogP contribution in [0.1, 0.15) is 71.2 Å². The lowest BCUT2D eigenvalue weighted by Crippen LogP contribution is -2.18. The molecule has 0 aliphatic carbocycles. The Balaban J connectivity index is 0. The molecule has 0 fully saturated rings. The van der Waals surface area contributed by atoms with E-state index in [0.717, 1.165) is 0 Å². The van der Waals surface area contributed by atoms with Gasteiger partial charge in [0.05, 0.1) is 0 Å². The third-order valence-electron chi connectivity index (χ3n) is 3.55. The molecule has 22 heavy (non-hydrogen) atoms. The van der Waals surface area contributed by atoms with E-state index in [-0.39, 0.29) is 12.8 Å². The van der Waals surface area contributed by atoms with Crippen LogP contribution in [0.25, 0.3) is 0 Å². The molecule has 0 atom stereocenters. The highest BCUT2D eigenvalue weighted by Crippen LogP contribution is 2.31. The van der Waals surface area contributed by atoms with Gasteiger partial charge in [0.25, 0.3) is 0 Å². The van der Waals surface area contributed by atoms with Crippen molar-refractivity contribution in [3.8, 4) is 0 Å². The van der Waals surface area contributed by atoms with Gasteiger partial charge in [0.2, 0.25) is 0 Å². The van der Waals surface area contributed by atoms with Crippen LogP contribution in [0.4, 0.5) is 0 Å². The molecule has 0 aromatic heterocycles. The summed E-state index contributed by atoms with van der Waals surface area (Å²) in [6.45, 7) is 16.8. The minimum absolute atomic E-state index is 0. The number of hydrogen-bond acceptors (Lipinski definition) is 0. The quantitative estimate of drug-likeness (QED) is 0.545. The number of aryl methyl sites for hydroxylation is 2. The van der Waals surface area contributed by atoms with Crippen molar-refractivity contribution in [2.45, 2.75) is 68.2 Å². The van der Waals surface area contributed by atoms with Crippen LogP contribution < -0.4 is 0 Å². The molecule has 2 aromatic carbocycles. The molecular formula is C22H36. The molecule has 0 heteroatoms. The van der Waals surface area contributed by atoms with Gasteiger partial charge in [-0.3, -0.25) is 0 Å². The van der Waals surface area contributed by atoms with E-state index < -0.39 is 0 Å². The molecule has 0 N–H and O–H groups in total. The standard InChI is InChI=1S/C17H20.2C2H6.CH4/c1-13-5-9-15(10-6-13)17(3,4)16-11-7-14(2)8-12-16;2*1-2;/h5-12H,1-4H3;2*1-2H3;1H4. The fourth-order valence-corrected chi connectivity index (χ4v) is 2.11. The van der Waals surface area contributed by atoms with Gasteiger partial charge in [0.15, 0.2) is 0 Å². The second-order valence-corrected chi connectivity index (χ2v) is 5.36. The Hall–Kier alpha value is -1.56. The highest BCUT2D eigenvalue weighted by Gasteiger charge is 2.22. The van der Waals surface area contributed by atoms with Crippen molar-refractivity contribution in [1.82, 2.24) is 0 Å². The lowest BCUT2D eigenvalue weighted by Gasteiger charge is -2.26. The summed E-state index contributed by atoms with van der Waals surface area (Å²) in [4.78, 5) is 0. The molecule has 0 radical (unpaired) electrons. The zero-order chi connectivity index (χ0) is 16.5. The van der Waals surface area contributed by atoms with E-state index in [0.29, 0.717) is 0 Å². The van der Waals surface area contributed by atoms with Gasteiger partial charge in [0, 0.05) is 5.41 Å². The number of rotatable bonds is 2. The van der Waals surface area contributed by atoms with E-state index in [1.807, 2.05) is 27.7 Å². The first kappa shape index (κ1) is 22.7. The van der Waals surface area contributed by atoms with Crippen LogP contribution >= 0.6 is 0 Å². The Morgan fingerprint density at radius 1 is 0.545 bits per heavy atom. The van der Waals surface area contributed by atoms with Gasteiger partial charge in [-0.1, -0.05) is 109 Å². The summed E-state index contributed by atoms with van der Waals surface area (Å²) in [6.07, 6.45) is 0. The van der Waals surface area contributed by atoms with Crippen molar-refractivity contribution in [2.24, 2.45) is 0 Å². The minimum Gasteiger partial charge on any atom is -0.0776 e. The maximum absolute atomic E-state index is 2.28. The van der Waals surface area contributed by atoms with Gasteiger partial charge in [-0.2, -0.15) is 0 Å². The van der Waals surface area contributed by atoms with Crippen LogP contribution in [0, 0.1) is 13.8 Å². The predicted molar refractivity (Wildman–Crippen MR) is 104 cm³/mol. The third kappa shape index (κ3) is 6.05. The monoisotopic (exact) mass is 300 g/mol. The average Bonchev–Trinajstić information content (AvgIpc) is 2.52. The van der Waals surface area contributed by atoms with Crippen molar-refractivity contribution in [2.75, 3.05) is 0 Å². The Bertz CT molecular complexity index is 439. The van der Waals surface area contributed by atoms with Crippen molar-refractivity contribution in [3.63, 3.8) is 0 Å². The maximum atomic E-state index is 2.28. The van der Waals surface area contributed by atoms with Gasteiger partial charge in [-0.05, 0) is 25.0 Å². The smallest absolute Gasteiger partial charge is 0.0146 e. The first-order chi connectivity index (χ1) is 10.00. The van der Waals surface area contributed by atoms with Crippen LogP contribution in [0.3, 0.4) is 0 Å². The summed E-state index contributed by atoms with van der Waals surface area (Å²) in [6, 6.07) is 17.7. The van der Waals surface area contributed by atoms with E-state index in [1.165, 1.54) is 22.3 Å². The normalized spacial score (nSPS) is 9.45. The van der Waals surface area contributed by atoms with E-state index in [1.54, 1.807) is 0 Å². The van der Waals surface area contributed by atoms with Crippen LogP contribution in [-0.4, -0.2) is 0 Å². The highest BCUT2D eigenvalue weighted by molar-refractivity contribution is 5.39. The largest absolute Gasteiger partial charge is 0.0776 e. The Morgan fingerprint density at radius 2 is 0.773 bits per heavy atom. The van der Waals surface area contributed by atoms with Gasteiger partial charge < -0.3 is 0 Å². The lowest BCUT2D eigenvalue weighted by molar-refractivity contribution is 0.640. The van der Waals surface area contributed by atoms with Gasteiger partial charge in [-0.25, -0.2) is 0 Å². The molecule has 0 saturated carbocycles. The molecule has 0 saturated heterocycles. The summed E-state index contributed by atoms with van der Waals surface area (Å²) >= 11 is 0. The SMILES string of the molecule is C.CC.CC.Cc1ccc(C(C)(C)c2ccc(C)cc2)cc1. The second-order valence-electron chi connectivity index (χ2n) is 5.36. The van der Waals surface area contributed by atoms with Crippen molar-refractivity contribution < 1.29 is 0 Å². The molecule has 0 bridgehead atoms. The van der Waals surface area contributed by atoms with Crippen LogP contribution in [0.15, 0.2) is 48.5 Å². The zero-order valence-electron chi connectivity index (χ0n) is 15.1. The first-order valence-corrected chi connectivity index (χ1v) is 8.14. The molecule has 124 valence electrons. The van der Waals surface area contributed by atoms with Crippen molar-refractivity contribution >= 4 is 0 Å². The van der Waals surface area contributed by atoms with Crippen molar-refractivity contribution in [1.29, 1.82) is 0 Å². The lowest BCUT2D eigenvalue weighted by atomic mass is 9.78. The Labute approximate surface area is 139 Å². The van der Waals surface area contributed by atoms with Crippen LogP contribution in [0.2, 0.25) is 0 Å². The molecule has 0 amide bonds. The van der Waals surface area contributed by atoms with Gasteiger partial charge >= 0.3 is 0 Å². The molecule has 2 aromatic rings. The molecule has 2 rings (SSSR count). The maximum Gasteiger partial charge on any atom is 0.0146 e. The van der Waals surface area contributed by atoms with E-state index in [4.69, 9.17) is 0 Å². The third-order valence-corrected chi connectivity index (χ3v) is 3.55. The fraction of sp³-hybridized carbons (Fsp3) is 0.455. The summed E-state index contributed by atoms with van der Waals surface area (Å²) < 4.78 is 0. The van der Waals surface area contributed by atoms with E-state index >= 15 is 0 Å². The number of hydrogen-bond donors (Lipinski definition) is 0. The Morgan fingerprint density at radius 3 is 1.00 bits per heavy atom. The molecular weight excluding hydrogens is 264 g/mol. The minimum atomic E-state index is 0. The molecule has 0 unspecified atom stereocenters. The van der Waals surface area contributed by atoms with E-state index in [9.17, 15) is 0 Å². The summed E-state index contributed by atoms with van der Waals surface area (Å²) in [7, 11) is 0. The van der Waals surface area contributed by atoms with E-state index in [2.05, 4.69) is 76.2 Å². The van der Waals surface area contributed by atoms with Gasteiger partial charge in [0.1, 0.15) is 0 Å². The van der Waals surface area contributed by atoms with Crippen LogP contribution in [0.5, 0.6) is 0 Å². The summed E-state index contributed by atoms with van der Waals surface area (Å²) in [5.41, 5.74) is 5.43. The predicted octanol–water partition coefficient (Wildman–Crippen LogP) is 7.32. The molecule has 0 aliphatic rings. The van der Waals surface area contributed by atoms with Gasteiger partial charge in [-0.15, -0.1) is 0 Å². The summed E-state index contributed by atoms with van der Waals surface area (Å²) in [5.74, 6) is 0. The molecule has 0 nitrogen and oxygen atoms in total. The fourth-order valence-electron chi connectivity index (χ4n) is 2.11.